The van der Waals surface area contributed by atoms with Crippen molar-refractivity contribution in [3.8, 4) is 0 Å². The number of likely N-dealkylation sites (tertiary alicyclic amines) is 1. The van der Waals surface area contributed by atoms with Gasteiger partial charge in [-0.2, -0.15) is 0 Å². The first-order valence-corrected chi connectivity index (χ1v) is 7.11. The van der Waals surface area contributed by atoms with E-state index < -0.39 is 11.9 Å². The Labute approximate surface area is 124 Å². The van der Waals surface area contributed by atoms with Crippen molar-refractivity contribution in [2.45, 2.75) is 13.3 Å². The SMILES string of the molecule is C[C@@H]1CN(C(=O)N(C)CCc2ccccn2)C[C@H]1C(=O)O. The van der Waals surface area contributed by atoms with Crippen LogP contribution in [0.25, 0.3) is 0 Å². The van der Waals surface area contributed by atoms with Crippen molar-refractivity contribution in [3.05, 3.63) is 30.1 Å². The molecule has 1 aromatic rings. The lowest BCUT2D eigenvalue weighted by Crippen LogP contribution is -2.41. The lowest BCUT2D eigenvalue weighted by Gasteiger charge is -2.24. The third kappa shape index (κ3) is 3.71. The van der Waals surface area contributed by atoms with Crippen LogP contribution in [0.15, 0.2) is 24.4 Å². The minimum atomic E-state index is -0.825. The van der Waals surface area contributed by atoms with Gasteiger partial charge in [0.1, 0.15) is 0 Å². The number of carboxylic acids is 1. The van der Waals surface area contributed by atoms with Crippen LogP contribution in [0.3, 0.4) is 0 Å². The Morgan fingerprint density at radius 2 is 2.19 bits per heavy atom. The predicted octanol–water partition coefficient (Wildman–Crippen LogP) is 1.33. The quantitative estimate of drug-likeness (QED) is 0.908. The molecular weight excluding hydrogens is 270 g/mol. The molecule has 0 aromatic carbocycles. The van der Waals surface area contributed by atoms with Gasteiger partial charge in [0.05, 0.1) is 5.92 Å². The van der Waals surface area contributed by atoms with Crippen LogP contribution in [0.2, 0.25) is 0 Å². The molecule has 2 amide bonds. The summed E-state index contributed by atoms with van der Waals surface area (Å²) in [6.45, 7) is 3.24. The lowest BCUT2D eigenvalue weighted by molar-refractivity contribution is -0.142. The summed E-state index contributed by atoms with van der Waals surface area (Å²) < 4.78 is 0. The van der Waals surface area contributed by atoms with Crippen molar-refractivity contribution >= 4 is 12.0 Å². The van der Waals surface area contributed by atoms with Gasteiger partial charge in [-0.15, -0.1) is 0 Å². The largest absolute Gasteiger partial charge is 0.481 e. The van der Waals surface area contributed by atoms with Crippen LogP contribution in [-0.4, -0.2) is 58.6 Å². The molecule has 1 aliphatic heterocycles. The summed E-state index contributed by atoms with van der Waals surface area (Å²) >= 11 is 0. The van der Waals surface area contributed by atoms with Crippen LogP contribution in [0.1, 0.15) is 12.6 Å². The molecule has 0 saturated carbocycles. The zero-order valence-electron chi connectivity index (χ0n) is 12.4. The first-order chi connectivity index (χ1) is 9.99. The number of carbonyl (C=O) groups excluding carboxylic acids is 1. The maximum atomic E-state index is 12.3. The van der Waals surface area contributed by atoms with Crippen LogP contribution in [0.4, 0.5) is 4.79 Å². The van der Waals surface area contributed by atoms with Crippen molar-refractivity contribution in [2.24, 2.45) is 11.8 Å². The van der Waals surface area contributed by atoms with Crippen LogP contribution in [-0.2, 0) is 11.2 Å². The van der Waals surface area contributed by atoms with Crippen LogP contribution >= 0.6 is 0 Å². The van der Waals surface area contributed by atoms with Gasteiger partial charge in [-0.3, -0.25) is 9.78 Å². The number of aliphatic carboxylic acids is 1. The molecule has 1 fully saturated rings. The molecule has 2 heterocycles. The third-order valence-electron chi connectivity index (χ3n) is 3.96. The third-order valence-corrected chi connectivity index (χ3v) is 3.96. The number of hydrogen-bond acceptors (Lipinski definition) is 3. The molecule has 21 heavy (non-hydrogen) atoms. The molecule has 0 unspecified atom stereocenters. The van der Waals surface area contributed by atoms with E-state index in [1.165, 1.54) is 0 Å². The zero-order valence-corrected chi connectivity index (χ0v) is 12.4. The van der Waals surface area contributed by atoms with E-state index in [0.29, 0.717) is 26.1 Å². The fourth-order valence-electron chi connectivity index (χ4n) is 2.61. The number of aromatic nitrogens is 1. The molecular formula is C15H21N3O3. The van der Waals surface area contributed by atoms with E-state index in [4.69, 9.17) is 5.11 Å². The van der Waals surface area contributed by atoms with Crippen LogP contribution in [0.5, 0.6) is 0 Å². The first-order valence-electron chi connectivity index (χ1n) is 7.11. The van der Waals surface area contributed by atoms with E-state index in [1.54, 1.807) is 23.0 Å². The highest BCUT2D eigenvalue weighted by molar-refractivity contribution is 5.77. The summed E-state index contributed by atoms with van der Waals surface area (Å²) in [4.78, 5) is 30.9. The molecule has 6 nitrogen and oxygen atoms in total. The monoisotopic (exact) mass is 291 g/mol. The van der Waals surface area contributed by atoms with E-state index in [1.807, 2.05) is 25.1 Å². The number of likely N-dealkylation sites (N-methyl/N-ethyl adjacent to an activating group) is 1. The van der Waals surface area contributed by atoms with Crippen LogP contribution < -0.4 is 0 Å². The number of carboxylic acid groups (broad SMARTS) is 1. The van der Waals surface area contributed by atoms with E-state index in [-0.39, 0.29) is 11.9 Å². The van der Waals surface area contributed by atoms with Crippen molar-refractivity contribution in [1.82, 2.24) is 14.8 Å². The Morgan fingerprint density at radius 3 is 2.76 bits per heavy atom. The summed E-state index contributed by atoms with van der Waals surface area (Å²) in [5.41, 5.74) is 0.940. The summed E-state index contributed by atoms with van der Waals surface area (Å²) in [5.74, 6) is -1.29. The standard InChI is InChI=1S/C15H21N3O3/c1-11-9-18(10-13(11)14(19)20)15(21)17(2)8-6-12-5-3-4-7-16-12/h3-5,7,11,13H,6,8-10H2,1-2H3,(H,19,20)/t11-,13-/m1/s1. The smallest absolute Gasteiger partial charge is 0.319 e. The second-order valence-corrected chi connectivity index (χ2v) is 5.60. The molecule has 114 valence electrons. The average Bonchev–Trinajstić information content (AvgIpc) is 2.87. The molecule has 1 aromatic heterocycles. The van der Waals surface area contributed by atoms with Crippen molar-refractivity contribution < 1.29 is 14.7 Å². The molecule has 0 aliphatic carbocycles. The number of carbonyl (C=O) groups is 2. The lowest BCUT2D eigenvalue weighted by atomic mass is 9.99. The maximum Gasteiger partial charge on any atom is 0.319 e. The topological polar surface area (TPSA) is 73.7 Å². The molecule has 0 bridgehead atoms. The average molecular weight is 291 g/mol. The van der Waals surface area contributed by atoms with Crippen LogP contribution in [0, 0.1) is 11.8 Å². The van der Waals surface area contributed by atoms with Gasteiger partial charge in [-0.25, -0.2) is 4.79 Å². The highest BCUT2D eigenvalue weighted by atomic mass is 16.4. The van der Waals surface area contributed by atoms with Crippen molar-refractivity contribution in [1.29, 1.82) is 0 Å². The van der Waals surface area contributed by atoms with E-state index in [0.717, 1.165) is 5.69 Å². The van der Waals surface area contributed by atoms with E-state index in [9.17, 15) is 9.59 Å². The summed E-state index contributed by atoms with van der Waals surface area (Å²) in [5, 5.41) is 9.11. The van der Waals surface area contributed by atoms with Gasteiger partial charge >= 0.3 is 12.0 Å². The number of urea groups is 1. The molecule has 1 saturated heterocycles. The number of amides is 2. The van der Waals surface area contributed by atoms with Crippen molar-refractivity contribution in [3.63, 3.8) is 0 Å². The first kappa shape index (κ1) is 15.3. The zero-order chi connectivity index (χ0) is 15.4. The van der Waals surface area contributed by atoms with Gasteiger partial charge in [0.25, 0.3) is 0 Å². The van der Waals surface area contributed by atoms with Gasteiger partial charge in [0.2, 0.25) is 0 Å². The Hall–Kier alpha value is -2.11. The van der Waals surface area contributed by atoms with Gasteiger partial charge in [-0.1, -0.05) is 13.0 Å². The second-order valence-electron chi connectivity index (χ2n) is 5.60. The fraction of sp³-hybridized carbons (Fsp3) is 0.533. The maximum absolute atomic E-state index is 12.3. The van der Waals surface area contributed by atoms with Gasteiger partial charge in [-0.05, 0) is 18.1 Å². The highest BCUT2D eigenvalue weighted by Gasteiger charge is 2.37. The summed E-state index contributed by atoms with van der Waals surface area (Å²) in [6.07, 6.45) is 2.42. The number of rotatable bonds is 4. The van der Waals surface area contributed by atoms with Crippen molar-refractivity contribution in [2.75, 3.05) is 26.7 Å². The fourth-order valence-corrected chi connectivity index (χ4v) is 2.61. The summed E-state index contributed by atoms with van der Waals surface area (Å²) in [7, 11) is 1.74. The molecule has 0 spiro atoms. The van der Waals surface area contributed by atoms with E-state index in [2.05, 4.69) is 4.98 Å². The number of hydrogen-bond donors (Lipinski definition) is 1. The molecule has 1 aliphatic rings. The number of nitrogens with zero attached hydrogens (tertiary/aromatic N) is 3. The molecule has 2 rings (SSSR count). The van der Waals surface area contributed by atoms with Gasteiger partial charge in [0, 0.05) is 45.0 Å². The van der Waals surface area contributed by atoms with Gasteiger partial charge < -0.3 is 14.9 Å². The second kappa shape index (κ2) is 6.56. The highest BCUT2D eigenvalue weighted by Crippen LogP contribution is 2.23. The Bertz CT molecular complexity index is 506. The summed E-state index contributed by atoms with van der Waals surface area (Å²) in [6, 6.07) is 5.60. The Kier molecular flexibility index (Phi) is 4.77. The molecule has 6 heteroatoms. The Morgan fingerprint density at radius 1 is 1.43 bits per heavy atom. The number of pyridine rings is 1. The van der Waals surface area contributed by atoms with E-state index >= 15 is 0 Å². The molecule has 1 N–H and O–H groups in total. The molecule has 0 radical (unpaired) electrons. The Balaban J connectivity index is 1.87. The molecule has 2 atom stereocenters. The minimum Gasteiger partial charge on any atom is -0.481 e. The predicted molar refractivity (Wildman–Crippen MR) is 77.8 cm³/mol. The normalized spacial score (nSPS) is 21.3. The minimum absolute atomic E-state index is 0.00404. The van der Waals surface area contributed by atoms with Gasteiger partial charge in [0.15, 0.2) is 0 Å².